The van der Waals surface area contributed by atoms with Crippen LogP contribution >= 0.6 is 0 Å². The average Bonchev–Trinajstić information content (AvgIpc) is 2.71. The van der Waals surface area contributed by atoms with Crippen LogP contribution in [0.3, 0.4) is 0 Å². The number of nitrogens with one attached hydrogen (secondary N) is 1. The van der Waals surface area contributed by atoms with Crippen LogP contribution in [0.15, 0.2) is 40.8 Å². The zero-order valence-electron chi connectivity index (χ0n) is 19.3. The third-order valence-electron chi connectivity index (χ3n) is 5.01. The minimum Gasteiger partial charge on any atom is -0.493 e. The standard InChI is InChI=1S/C23H28N4O4S/c1-14-10-15(2)22(16(3)11-14)25-21-13-18(24-23(27(21)4)26-32(7,28)29)17-8-9-19(30-5)20(12-17)31-6/h8-13,25H,1-7H3/b26-23-. The molecule has 0 radical (unpaired) electrons. The van der Waals surface area contributed by atoms with Crippen LogP contribution in [0.1, 0.15) is 16.7 Å². The van der Waals surface area contributed by atoms with Crippen molar-refractivity contribution in [2.24, 2.45) is 11.4 Å². The second-order valence-electron chi connectivity index (χ2n) is 7.68. The molecule has 170 valence electrons. The Bertz CT molecular complexity index is 1320. The Kier molecular flexibility index (Phi) is 6.59. The highest BCUT2D eigenvalue weighted by atomic mass is 32.2. The van der Waals surface area contributed by atoms with E-state index in [4.69, 9.17) is 9.47 Å². The Hall–Kier alpha value is -3.33. The van der Waals surface area contributed by atoms with E-state index in [1.807, 2.05) is 26.0 Å². The van der Waals surface area contributed by atoms with E-state index in [2.05, 4.69) is 33.8 Å². The molecular weight excluding hydrogens is 428 g/mol. The van der Waals surface area contributed by atoms with Gasteiger partial charge in [-0.1, -0.05) is 17.7 Å². The molecule has 0 spiro atoms. The quantitative estimate of drug-likeness (QED) is 0.609. The molecular formula is C23H28N4O4S. The number of aryl methyl sites for hydroxylation is 3. The van der Waals surface area contributed by atoms with Crippen molar-refractivity contribution >= 4 is 21.5 Å². The van der Waals surface area contributed by atoms with Gasteiger partial charge >= 0.3 is 0 Å². The topological polar surface area (TPSA) is 94.8 Å². The van der Waals surface area contributed by atoms with E-state index < -0.39 is 10.0 Å². The molecule has 0 fully saturated rings. The van der Waals surface area contributed by atoms with Crippen molar-refractivity contribution in [3.63, 3.8) is 0 Å². The first kappa shape index (κ1) is 23.3. The van der Waals surface area contributed by atoms with Crippen LogP contribution in [-0.2, 0) is 17.1 Å². The third-order valence-corrected chi connectivity index (χ3v) is 5.51. The van der Waals surface area contributed by atoms with Gasteiger partial charge in [0.05, 0.1) is 26.2 Å². The number of hydrogen-bond acceptors (Lipinski definition) is 6. The third kappa shape index (κ3) is 5.11. The summed E-state index contributed by atoms with van der Waals surface area (Å²) in [6.45, 7) is 6.11. The highest BCUT2D eigenvalue weighted by Gasteiger charge is 2.13. The van der Waals surface area contributed by atoms with E-state index in [0.717, 1.165) is 28.6 Å². The molecule has 0 aliphatic rings. The van der Waals surface area contributed by atoms with Crippen molar-refractivity contribution in [2.45, 2.75) is 20.8 Å². The summed E-state index contributed by atoms with van der Waals surface area (Å²) < 4.78 is 40.0. The van der Waals surface area contributed by atoms with Gasteiger partial charge < -0.3 is 14.8 Å². The van der Waals surface area contributed by atoms with Crippen LogP contribution in [-0.4, -0.2) is 38.4 Å². The number of sulfonamides is 1. The first-order chi connectivity index (χ1) is 15.0. The fourth-order valence-electron chi connectivity index (χ4n) is 3.55. The maximum atomic E-state index is 11.9. The van der Waals surface area contributed by atoms with Crippen molar-refractivity contribution in [3.05, 3.63) is 58.7 Å². The van der Waals surface area contributed by atoms with Crippen LogP contribution in [0, 0.1) is 20.8 Å². The van der Waals surface area contributed by atoms with Gasteiger partial charge in [0.2, 0.25) is 5.62 Å². The lowest BCUT2D eigenvalue weighted by atomic mass is 10.0. The van der Waals surface area contributed by atoms with E-state index in [1.54, 1.807) is 38.0 Å². The van der Waals surface area contributed by atoms with Gasteiger partial charge in [-0.15, -0.1) is 4.40 Å². The van der Waals surface area contributed by atoms with Gasteiger partial charge in [0.1, 0.15) is 5.82 Å². The molecule has 0 aliphatic carbocycles. The zero-order valence-corrected chi connectivity index (χ0v) is 20.2. The fourth-order valence-corrected chi connectivity index (χ4v) is 4.01. The average molecular weight is 457 g/mol. The molecule has 9 heteroatoms. The van der Waals surface area contributed by atoms with E-state index >= 15 is 0 Å². The van der Waals surface area contributed by atoms with Crippen molar-refractivity contribution in [1.29, 1.82) is 0 Å². The van der Waals surface area contributed by atoms with Gasteiger partial charge in [-0.25, -0.2) is 13.4 Å². The molecule has 0 unspecified atom stereocenters. The lowest BCUT2D eigenvalue weighted by Crippen LogP contribution is -2.26. The maximum absolute atomic E-state index is 11.9. The zero-order chi connectivity index (χ0) is 23.6. The summed E-state index contributed by atoms with van der Waals surface area (Å²) in [5.41, 5.74) is 5.60. The lowest BCUT2D eigenvalue weighted by Gasteiger charge is -2.18. The predicted molar refractivity (Wildman–Crippen MR) is 126 cm³/mol. The monoisotopic (exact) mass is 456 g/mol. The smallest absolute Gasteiger partial charge is 0.253 e. The summed E-state index contributed by atoms with van der Waals surface area (Å²) >= 11 is 0. The number of methoxy groups -OCH3 is 2. The number of aromatic nitrogens is 2. The fraction of sp³-hybridized carbons (Fsp3) is 0.304. The predicted octanol–water partition coefficient (Wildman–Crippen LogP) is 3.63. The molecule has 0 aliphatic heterocycles. The number of rotatable bonds is 6. The molecule has 0 saturated heterocycles. The van der Waals surface area contributed by atoms with Crippen molar-refractivity contribution < 1.29 is 17.9 Å². The van der Waals surface area contributed by atoms with Crippen LogP contribution in [0.2, 0.25) is 0 Å². The van der Waals surface area contributed by atoms with Gasteiger partial charge in [0, 0.05) is 24.4 Å². The summed E-state index contributed by atoms with van der Waals surface area (Å²) in [6.07, 6.45) is 1.04. The summed E-state index contributed by atoms with van der Waals surface area (Å²) in [4.78, 5) is 4.50. The molecule has 1 heterocycles. The van der Waals surface area contributed by atoms with Gasteiger partial charge in [-0.3, -0.25) is 4.57 Å². The summed E-state index contributed by atoms with van der Waals surface area (Å²) in [6, 6.07) is 11.4. The number of benzene rings is 2. The van der Waals surface area contributed by atoms with Gasteiger partial charge in [0.25, 0.3) is 10.0 Å². The summed E-state index contributed by atoms with van der Waals surface area (Å²) in [5.74, 6) is 1.77. The van der Waals surface area contributed by atoms with Crippen LogP contribution < -0.4 is 20.4 Å². The number of anilines is 2. The Morgan fingerprint density at radius 2 is 1.59 bits per heavy atom. The summed E-state index contributed by atoms with van der Waals surface area (Å²) in [5, 5.41) is 3.44. The van der Waals surface area contributed by atoms with E-state index in [9.17, 15) is 8.42 Å². The minimum absolute atomic E-state index is 0.0599. The Morgan fingerprint density at radius 1 is 0.969 bits per heavy atom. The van der Waals surface area contributed by atoms with Crippen LogP contribution in [0.5, 0.6) is 11.5 Å². The van der Waals surface area contributed by atoms with Gasteiger partial charge in [-0.05, 0) is 50.1 Å². The maximum Gasteiger partial charge on any atom is 0.253 e. The van der Waals surface area contributed by atoms with E-state index in [1.165, 1.54) is 5.56 Å². The van der Waals surface area contributed by atoms with Gasteiger partial charge in [0.15, 0.2) is 11.5 Å². The van der Waals surface area contributed by atoms with Crippen LogP contribution in [0.25, 0.3) is 11.3 Å². The molecule has 0 bridgehead atoms. The van der Waals surface area contributed by atoms with Gasteiger partial charge in [-0.2, -0.15) is 0 Å². The molecule has 1 aromatic heterocycles. The molecule has 2 aromatic carbocycles. The largest absolute Gasteiger partial charge is 0.493 e. The van der Waals surface area contributed by atoms with E-state index in [0.29, 0.717) is 23.0 Å². The number of ether oxygens (including phenoxy) is 2. The highest BCUT2D eigenvalue weighted by Crippen LogP contribution is 2.32. The number of hydrogen-bond donors (Lipinski definition) is 1. The minimum atomic E-state index is -3.66. The number of nitrogens with zero attached hydrogens (tertiary/aromatic N) is 3. The molecule has 8 nitrogen and oxygen atoms in total. The van der Waals surface area contributed by atoms with Crippen molar-refractivity contribution in [2.75, 3.05) is 25.8 Å². The van der Waals surface area contributed by atoms with Crippen molar-refractivity contribution in [3.8, 4) is 22.8 Å². The molecule has 0 amide bonds. The Labute approximate surface area is 188 Å². The molecule has 1 N–H and O–H groups in total. The van der Waals surface area contributed by atoms with E-state index in [-0.39, 0.29) is 5.62 Å². The van der Waals surface area contributed by atoms with Crippen molar-refractivity contribution in [1.82, 2.24) is 9.55 Å². The first-order valence-electron chi connectivity index (χ1n) is 9.93. The Balaban J connectivity index is 2.25. The lowest BCUT2D eigenvalue weighted by molar-refractivity contribution is 0.355. The first-order valence-corrected chi connectivity index (χ1v) is 11.8. The second kappa shape index (κ2) is 9.04. The highest BCUT2D eigenvalue weighted by molar-refractivity contribution is 7.89. The SMILES string of the molecule is COc1ccc(-c2cc(Nc3c(C)cc(C)cc3C)n(C)/c(=N\S(C)(=O)=O)n2)cc1OC. The molecule has 3 rings (SSSR count). The van der Waals surface area contributed by atoms with Crippen LogP contribution in [0.4, 0.5) is 11.5 Å². The second-order valence-corrected chi connectivity index (χ2v) is 9.33. The normalized spacial score (nSPS) is 12.0. The molecule has 3 aromatic rings. The summed E-state index contributed by atoms with van der Waals surface area (Å²) in [7, 11) is 1.18. The molecule has 0 atom stereocenters. The molecule has 0 saturated carbocycles. The Morgan fingerprint density at radius 3 is 2.16 bits per heavy atom. The molecule has 32 heavy (non-hydrogen) atoms.